The van der Waals surface area contributed by atoms with Gasteiger partial charge in [0.05, 0.1) is 16.9 Å². The lowest BCUT2D eigenvalue weighted by Crippen LogP contribution is -2.38. The number of carbonyl (C=O) groups is 3. The first-order valence-corrected chi connectivity index (χ1v) is 10.8. The number of rotatable bonds is 7. The minimum Gasteiger partial charge on any atom is -0.484 e. The number of halogens is 1. The van der Waals surface area contributed by atoms with Gasteiger partial charge in [-0.15, -0.1) is 0 Å². The molecule has 168 valence electrons. The van der Waals surface area contributed by atoms with Crippen LogP contribution in [0.15, 0.2) is 53.6 Å². The highest BCUT2D eigenvalue weighted by Gasteiger charge is 2.16. The number of nitrogens with zero attached hydrogens (tertiary/aromatic N) is 1. The second-order valence-corrected chi connectivity index (χ2v) is 7.80. The van der Waals surface area contributed by atoms with Crippen LogP contribution in [0.25, 0.3) is 0 Å². The van der Waals surface area contributed by atoms with E-state index in [1.54, 1.807) is 48.5 Å². The van der Waals surface area contributed by atoms with Crippen molar-refractivity contribution in [3.8, 4) is 5.75 Å². The molecule has 0 saturated heterocycles. The van der Waals surface area contributed by atoms with Crippen molar-refractivity contribution in [3.05, 3.63) is 59.1 Å². The zero-order chi connectivity index (χ0) is 22.8. The summed E-state index contributed by atoms with van der Waals surface area (Å²) in [7, 11) is 0. The lowest BCUT2D eigenvalue weighted by atomic mass is 9.95. The van der Waals surface area contributed by atoms with E-state index < -0.39 is 11.8 Å². The highest BCUT2D eigenvalue weighted by Crippen LogP contribution is 2.20. The zero-order valence-corrected chi connectivity index (χ0v) is 18.2. The van der Waals surface area contributed by atoms with Crippen LogP contribution in [0, 0.1) is 0 Å². The van der Waals surface area contributed by atoms with Crippen LogP contribution in [0.1, 0.15) is 37.7 Å². The fourth-order valence-electron chi connectivity index (χ4n) is 3.27. The van der Waals surface area contributed by atoms with E-state index in [0.717, 1.165) is 25.7 Å². The zero-order valence-electron chi connectivity index (χ0n) is 17.5. The summed E-state index contributed by atoms with van der Waals surface area (Å²) in [5.41, 5.74) is 3.17. The van der Waals surface area contributed by atoms with Gasteiger partial charge in [0.1, 0.15) is 5.75 Å². The van der Waals surface area contributed by atoms with E-state index >= 15 is 0 Å². The first kappa shape index (κ1) is 23.3. The molecule has 0 heterocycles. The van der Waals surface area contributed by atoms with Crippen molar-refractivity contribution >= 4 is 41.2 Å². The highest BCUT2D eigenvalue weighted by atomic mass is 35.5. The third-order valence-electron chi connectivity index (χ3n) is 4.93. The molecule has 0 aliphatic heterocycles. The normalized spacial score (nSPS) is 14.0. The van der Waals surface area contributed by atoms with Crippen molar-refractivity contribution in [1.29, 1.82) is 0 Å². The Morgan fingerprint density at radius 2 is 1.72 bits per heavy atom. The summed E-state index contributed by atoms with van der Waals surface area (Å²) in [5.74, 6) is -1.39. The molecule has 3 N–H and O–H groups in total. The van der Waals surface area contributed by atoms with Gasteiger partial charge in [0.15, 0.2) is 6.61 Å². The monoisotopic (exact) mass is 456 g/mol. The van der Waals surface area contributed by atoms with E-state index in [1.807, 2.05) is 0 Å². The molecule has 1 aliphatic carbocycles. The van der Waals surface area contributed by atoms with Crippen LogP contribution in [0.4, 0.5) is 5.69 Å². The third-order valence-corrected chi connectivity index (χ3v) is 5.26. The molecule has 8 nitrogen and oxygen atoms in total. The van der Waals surface area contributed by atoms with Gasteiger partial charge in [-0.1, -0.05) is 43.0 Å². The smallest absolute Gasteiger partial charge is 0.329 e. The Kier molecular flexibility index (Phi) is 8.62. The van der Waals surface area contributed by atoms with Crippen LogP contribution < -0.4 is 20.8 Å². The number of benzene rings is 2. The molecule has 1 fully saturated rings. The van der Waals surface area contributed by atoms with Gasteiger partial charge in [-0.3, -0.25) is 14.4 Å². The Morgan fingerprint density at radius 1 is 1.00 bits per heavy atom. The number of hydrazone groups is 1. The molecule has 0 radical (unpaired) electrons. The first-order chi connectivity index (χ1) is 15.5. The van der Waals surface area contributed by atoms with E-state index in [4.69, 9.17) is 16.3 Å². The number of carbonyl (C=O) groups excluding carboxylic acids is 3. The fraction of sp³-hybridized carbons (Fsp3) is 0.304. The Bertz CT molecular complexity index is 972. The molecule has 9 heteroatoms. The number of amides is 3. The lowest BCUT2D eigenvalue weighted by molar-refractivity contribution is -0.136. The van der Waals surface area contributed by atoms with Crippen LogP contribution in [-0.2, 0) is 14.4 Å². The number of hydrogen-bond acceptors (Lipinski definition) is 5. The van der Waals surface area contributed by atoms with Crippen molar-refractivity contribution < 1.29 is 19.1 Å². The molecule has 0 aromatic heterocycles. The number of anilines is 1. The van der Waals surface area contributed by atoms with Gasteiger partial charge < -0.3 is 15.4 Å². The summed E-state index contributed by atoms with van der Waals surface area (Å²) in [6, 6.07) is 13.7. The number of ether oxygens (including phenoxy) is 1. The average Bonchev–Trinajstić information content (AvgIpc) is 2.80. The number of para-hydroxylation sites is 1. The molecular formula is C23H25ClN4O4. The molecule has 0 bridgehead atoms. The Labute approximate surface area is 191 Å². The third kappa shape index (κ3) is 7.39. The Hall–Kier alpha value is -3.39. The molecule has 0 spiro atoms. The molecule has 1 saturated carbocycles. The van der Waals surface area contributed by atoms with Crippen LogP contribution in [-0.4, -0.2) is 36.6 Å². The molecule has 32 heavy (non-hydrogen) atoms. The Balaban J connectivity index is 1.40. The summed E-state index contributed by atoms with van der Waals surface area (Å²) < 4.78 is 5.51. The van der Waals surface area contributed by atoms with Crippen molar-refractivity contribution in [3.63, 3.8) is 0 Å². The predicted octanol–water partition coefficient (Wildman–Crippen LogP) is 3.26. The fourth-order valence-corrected chi connectivity index (χ4v) is 3.46. The van der Waals surface area contributed by atoms with Gasteiger partial charge >= 0.3 is 11.8 Å². The lowest BCUT2D eigenvalue weighted by Gasteiger charge is -2.22. The average molecular weight is 457 g/mol. The van der Waals surface area contributed by atoms with Crippen molar-refractivity contribution in [2.75, 3.05) is 11.9 Å². The summed E-state index contributed by atoms with van der Waals surface area (Å²) in [6.07, 6.45) is 6.98. The molecule has 3 amide bonds. The number of nitrogens with one attached hydrogen (secondary N) is 3. The molecule has 2 aromatic rings. The maximum atomic E-state index is 12.0. The van der Waals surface area contributed by atoms with Gasteiger partial charge in [0.2, 0.25) is 0 Å². The summed E-state index contributed by atoms with van der Waals surface area (Å²) in [6.45, 7) is -0.0411. The van der Waals surface area contributed by atoms with Crippen LogP contribution >= 0.6 is 11.6 Å². The van der Waals surface area contributed by atoms with E-state index in [2.05, 4.69) is 21.2 Å². The molecule has 3 rings (SSSR count). The van der Waals surface area contributed by atoms with Gasteiger partial charge in [-0.2, -0.15) is 5.10 Å². The van der Waals surface area contributed by atoms with E-state index in [-0.39, 0.29) is 18.6 Å². The van der Waals surface area contributed by atoms with Crippen molar-refractivity contribution in [2.45, 2.75) is 38.1 Å². The van der Waals surface area contributed by atoms with Gasteiger partial charge in [-0.05, 0) is 54.8 Å². The molecule has 0 atom stereocenters. The summed E-state index contributed by atoms with van der Waals surface area (Å²) in [5, 5.41) is 9.51. The topological polar surface area (TPSA) is 109 Å². The predicted molar refractivity (Wildman–Crippen MR) is 123 cm³/mol. The second kappa shape index (κ2) is 11.9. The van der Waals surface area contributed by atoms with E-state index in [1.165, 1.54) is 12.6 Å². The van der Waals surface area contributed by atoms with Gasteiger partial charge in [0.25, 0.3) is 5.91 Å². The maximum absolute atomic E-state index is 12.0. The Morgan fingerprint density at radius 3 is 2.44 bits per heavy atom. The number of hydrogen-bond donors (Lipinski definition) is 3. The minimum absolute atomic E-state index is 0.0411. The quantitative estimate of drug-likeness (QED) is 0.337. The van der Waals surface area contributed by atoms with Crippen LogP contribution in [0.3, 0.4) is 0 Å². The molecule has 1 aliphatic rings. The second-order valence-electron chi connectivity index (χ2n) is 7.39. The van der Waals surface area contributed by atoms with Gasteiger partial charge in [0, 0.05) is 6.04 Å². The molecule has 2 aromatic carbocycles. The van der Waals surface area contributed by atoms with Crippen molar-refractivity contribution in [1.82, 2.24) is 10.7 Å². The SMILES string of the molecule is O=C(COc1ccc(/C=N\NC(=O)C(=O)Nc2ccccc2Cl)cc1)NC1CCCCC1. The molecule has 0 unspecified atom stereocenters. The van der Waals surface area contributed by atoms with E-state index in [9.17, 15) is 14.4 Å². The van der Waals surface area contributed by atoms with Gasteiger partial charge in [-0.25, -0.2) is 5.43 Å². The summed E-state index contributed by atoms with van der Waals surface area (Å²) in [4.78, 5) is 35.8. The largest absolute Gasteiger partial charge is 0.484 e. The van der Waals surface area contributed by atoms with E-state index in [0.29, 0.717) is 22.0 Å². The van der Waals surface area contributed by atoms with Crippen LogP contribution in [0.5, 0.6) is 5.75 Å². The first-order valence-electron chi connectivity index (χ1n) is 10.4. The van der Waals surface area contributed by atoms with Crippen LogP contribution in [0.2, 0.25) is 5.02 Å². The summed E-state index contributed by atoms with van der Waals surface area (Å²) >= 11 is 5.95. The maximum Gasteiger partial charge on any atom is 0.329 e. The highest BCUT2D eigenvalue weighted by molar-refractivity contribution is 6.41. The molecular weight excluding hydrogens is 432 g/mol. The minimum atomic E-state index is -0.926. The van der Waals surface area contributed by atoms with Crippen molar-refractivity contribution in [2.24, 2.45) is 5.10 Å². The standard InChI is InChI=1S/C23H25ClN4O4/c24-19-8-4-5-9-20(19)27-22(30)23(31)28-25-14-16-10-12-18(13-11-16)32-15-21(29)26-17-6-2-1-3-7-17/h4-5,8-14,17H,1-3,6-7,15H2,(H,26,29)(H,27,30)(H,28,31)/b25-14-.